The fourth-order valence-electron chi connectivity index (χ4n) is 0.937. The van der Waals surface area contributed by atoms with Crippen molar-refractivity contribution in [3.8, 4) is 0 Å². The third-order valence-electron chi connectivity index (χ3n) is 1.66. The van der Waals surface area contributed by atoms with E-state index in [1.807, 2.05) is 18.4 Å². The smallest absolute Gasteiger partial charge is 0.225 e. The lowest BCUT2D eigenvalue weighted by molar-refractivity contribution is -0.116. The molecular weight excluding hydrogens is 264 g/mol. The number of anilines is 1. The summed E-state index contributed by atoms with van der Waals surface area (Å²) in [5.41, 5.74) is 5.55. The number of halogens is 1. The van der Waals surface area contributed by atoms with Crippen LogP contribution in [0.3, 0.4) is 0 Å². The molecule has 1 amide bonds. The van der Waals surface area contributed by atoms with Gasteiger partial charge < -0.3 is 11.1 Å². The van der Waals surface area contributed by atoms with Crippen LogP contribution in [0, 0.1) is 0 Å². The number of thiophene rings is 1. The molecule has 0 spiro atoms. The maximum Gasteiger partial charge on any atom is 0.225 e. The summed E-state index contributed by atoms with van der Waals surface area (Å²) >= 11 is 4.83. The third-order valence-corrected chi connectivity index (χ3v) is 3.26. The van der Waals surface area contributed by atoms with E-state index < -0.39 is 0 Å². The molecule has 1 aromatic heterocycles. The van der Waals surface area contributed by atoms with E-state index in [-0.39, 0.29) is 11.9 Å². The molecule has 3 nitrogen and oxygen atoms in total. The molecule has 0 aromatic carbocycles. The monoisotopic (exact) mass is 276 g/mol. The van der Waals surface area contributed by atoms with Gasteiger partial charge in [0.2, 0.25) is 5.91 Å². The third kappa shape index (κ3) is 4.21. The Morgan fingerprint density at radius 3 is 3.00 bits per heavy atom. The Balaban J connectivity index is 2.34. The lowest BCUT2D eigenvalue weighted by Crippen LogP contribution is -2.19. The van der Waals surface area contributed by atoms with Gasteiger partial charge in [-0.25, -0.2) is 0 Å². The molecule has 1 atom stereocenters. The molecular formula is C9H13BrN2OS. The van der Waals surface area contributed by atoms with E-state index in [1.54, 1.807) is 0 Å². The zero-order chi connectivity index (χ0) is 10.6. The lowest BCUT2D eigenvalue weighted by atomic mass is 10.2. The Morgan fingerprint density at radius 2 is 2.50 bits per heavy atom. The highest BCUT2D eigenvalue weighted by Gasteiger charge is 2.05. The van der Waals surface area contributed by atoms with Crippen molar-refractivity contribution in [2.75, 3.05) is 5.32 Å². The van der Waals surface area contributed by atoms with Crippen molar-refractivity contribution in [2.24, 2.45) is 5.73 Å². The Kier molecular flexibility index (Phi) is 4.57. The van der Waals surface area contributed by atoms with Crippen LogP contribution in [0.25, 0.3) is 0 Å². The van der Waals surface area contributed by atoms with E-state index in [1.165, 1.54) is 11.3 Å². The average Bonchev–Trinajstić information content (AvgIpc) is 2.48. The first-order valence-corrected chi connectivity index (χ1v) is 6.04. The molecule has 0 fully saturated rings. The number of rotatable bonds is 4. The highest BCUT2D eigenvalue weighted by molar-refractivity contribution is 9.10. The SMILES string of the molecule is CC(N)CCC(=O)Nc1cc(Br)cs1. The van der Waals surface area contributed by atoms with Crippen LogP contribution in [-0.2, 0) is 4.79 Å². The van der Waals surface area contributed by atoms with E-state index in [9.17, 15) is 4.79 Å². The molecule has 0 aliphatic carbocycles. The predicted octanol–water partition coefficient (Wildman–Crippen LogP) is 2.58. The van der Waals surface area contributed by atoms with Gasteiger partial charge in [-0.05, 0) is 35.3 Å². The van der Waals surface area contributed by atoms with Crippen LogP contribution in [0.5, 0.6) is 0 Å². The van der Waals surface area contributed by atoms with E-state index in [0.29, 0.717) is 6.42 Å². The quantitative estimate of drug-likeness (QED) is 0.888. The first kappa shape index (κ1) is 11.7. The molecule has 14 heavy (non-hydrogen) atoms. The lowest BCUT2D eigenvalue weighted by Gasteiger charge is -2.04. The van der Waals surface area contributed by atoms with Crippen LogP contribution in [0.2, 0.25) is 0 Å². The molecule has 3 N–H and O–H groups in total. The summed E-state index contributed by atoms with van der Waals surface area (Å²) in [6, 6.07) is 1.96. The first-order valence-electron chi connectivity index (χ1n) is 4.37. The second-order valence-electron chi connectivity index (χ2n) is 3.19. The van der Waals surface area contributed by atoms with Gasteiger partial charge in [0, 0.05) is 22.3 Å². The van der Waals surface area contributed by atoms with Crippen LogP contribution in [0.4, 0.5) is 5.00 Å². The summed E-state index contributed by atoms with van der Waals surface area (Å²) in [7, 11) is 0. The Morgan fingerprint density at radius 1 is 1.79 bits per heavy atom. The van der Waals surface area contributed by atoms with Crippen molar-refractivity contribution in [1.29, 1.82) is 0 Å². The van der Waals surface area contributed by atoms with Gasteiger partial charge >= 0.3 is 0 Å². The van der Waals surface area contributed by atoms with Crippen molar-refractivity contribution in [3.05, 3.63) is 15.9 Å². The van der Waals surface area contributed by atoms with Gasteiger partial charge in [0.05, 0.1) is 5.00 Å². The van der Waals surface area contributed by atoms with Crippen molar-refractivity contribution >= 4 is 38.2 Å². The number of nitrogens with two attached hydrogens (primary N) is 1. The molecule has 1 rings (SSSR count). The van der Waals surface area contributed by atoms with Crippen molar-refractivity contribution in [1.82, 2.24) is 0 Å². The molecule has 1 unspecified atom stereocenters. The molecule has 0 saturated heterocycles. The van der Waals surface area contributed by atoms with Crippen LogP contribution < -0.4 is 11.1 Å². The van der Waals surface area contributed by atoms with Crippen LogP contribution in [-0.4, -0.2) is 11.9 Å². The van der Waals surface area contributed by atoms with E-state index in [4.69, 9.17) is 5.73 Å². The van der Waals surface area contributed by atoms with Gasteiger partial charge in [0.15, 0.2) is 0 Å². The van der Waals surface area contributed by atoms with Gasteiger partial charge in [-0.2, -0.15) is 0 Å². The first-order chi connectivity index (χ1) is 6.58. The fourth-order valence-corrected chi connectivity index (χ4v) is 2.27. The van der Waals surface area contributed by atoms with Gasteiger partial charge in [0.25, 0.3) is 0 Å². The van der Waals surface area contributed by atoms with Gasteiger partial charge in [0.1, 0.15) is 0 Å². The van der Waals surface area contributed by atoms with Crippen LogP contribution in [0.15, 0.2) is 15.9 Å². The molecule has 0 saturated carbocycles. The van der Waals surface area contributed by atoms with E-state index in [0.717, 1.165) is 15.9 Å². The minimum Gasteiger partial charge on any atom is -0.328 e. The number of hydrogen-bond acceptors (Lipinski definition) is 3. The molecule has 5 heteroatoms. The topological polar surface area (TPSA) is 55.1 Å². The molecule has 0 aliphatic rings. The van der Waals surface area contributed by atoms with Gasteiger partial charge in [-0.3, -0.25) is 4.79 Å². The van der Waals surface area contributed by atoms with E-state index >= 15 is 0 Å². The molecule has 0 bridgehead atoms. The number of nitrogens with one attached hydrogen (secondary N) is 1. The maximum absolute atomic E-state index is 11.4. The minimum atomic E-state index is 0.0247. The summed E-state index contributed by atoms with van der Waals surface area (Å²) in [4.78, 5) is 11.4. The minimum absolute atomic E-state index is 0.0247. The second kappa shape index (κ2) is 5.48. The van der Waals surface area contributed by atoms with Crippen molar-refractivity contribution in [2.45, 2.75) is 25.8 Å². The largest absolute Gasteiger partial charge is 0.328 e. The maximum atomic E-state index is 11.4. The molecule has 0 aliphatic heterocycles. The molecule has 1 heterocycles. The molecule has 0 radical (unpaired) electrons. The van der Waals surface area contributed by atoms with Crippen molar-refractivity contribution in [3.63, 3.8) is 0 Å². The Labute approximate surface area is 95.8 Å². The predicted molar refractivity (Wildman–Crippen MR) is 63.5 cm³/mol. The Bertz CT molecular complexity index is 312. The fraction of sp³-hybridized carbons (Fsp3) is 0.444. The number of carbonyl (C=O) groups excluding carboxylic acids is 1. The Hall–Kier alpha value is -0.390. The summed E-state index contributed by atoms with van der Waals surface area (Å²) < 4.78 is 0.991. The summed E-state index contributed by atoms with van der Waals surface area (Å²) in [5.74, 6) is 0.0247. The number of hydrogen-bond donors (Lipinski definition) is 2. The standard InChI is InChI=1S/C9H13BrN2OS/c1-6(11)2-3-8(13)12-9-4-7(10)5-14-9/h4-6H,2-3,11H2,1H3,(H,12,13). The van der Waals surface area contributed by atoms with Crippen LogP contribution in [0.1, 0.15) is 19.8 Å². The summed E-state index contributed by atoms with van der Waals surface area (Å²) in [6.07, 6.45) is 1.20. The molecule has 1 aromatic rings. The normalized spacial score (nSPS) is 12.5. The number of carbonyl (C=O) groups is 1. The van der Waals surface area contributed by atoms with Crippen LogP contribution >= 0.6 is 27.3 Å². The zero-order valence-corrected chi connectivity index (χ0v) is 10.3. The second-order valence-corrected chi connectivity index (χ2v) is 5.02. The highest BCUT2D eigenvalue weighted by atomic mass is 79.9. The molecule has 78 valence electrons. The zero-order valence-electron chi connectivity index (χ0n) is 7.92. The van der Waals surface area contributed by atoms with Gasteiger partial charge in [-0.1, -0.05) is 0 Å². The van der Waals surface area contributed by atoms with Gasteiger partial charge in [-0.15, -0.1) is 11.3 Å². The van der Waals surface area contributed by atoms with E-state index in [2.05, 4.69) is 21.2 Å². The highest BCUT2D eigenvalue weighted by Crippen LogP contribution is 2.24. The summed E-state index contributed by atoms with van der Waals surface area (Å²) in [6.45, 7) is 1.90. The van der Waals surface area contributed by atoms with Crippen molar-refractivity contribution < 1.29 is 4.79 Å². The average molecular weight is 277 g/mol. The summed E-state index contributed by atoms with van der Waals surface area (Å²) in [5, 5.41) is 5.61. The number of amides is 1.